The number of rotatable bonds is 3. The van der Waals surface area contributed by atoms with Crippen LogP contribution in [0.15, 0.2) is 41.3 Å². The molecule has 5 heteroatoms. The van der Waals surface area contributed by atoms with Crippen LogP contribution in [0.4, 0.5) is 0 Å². The quantitative estimate of drug-likeness (QED) is 0.598. The molecule has 0 bridgehead atoms. The molecule has 0 spiro atoms. The summed E-state index contributed by atoms with van der Waals surface area (Å²) in [7, 11) is 0. The second kappa shape index (κ2) is 9.78. The van der Waals surface area contributed by atoms with Crippen LogP contribution in [0.3, 0.4) is 0 Å². The Morgan fingerprint density at radius 3 is 2.80 bits per heavy atom. The maximum atomic E-state index is 6.33. The second-order valence-electron chi connectivity index (χ2n) is 3.98. The molecule has 0 aromatic carbocycles. The van der Waals surface area contributed by atoms with Gasteiger partial charge in [0.15, 0.2) is 0 Å². The maximum absolute atomic E-state index is 6.33. The van der Waals surface area contributed by atoms with Gasteiger partial charge < -0.3 is 4.74 Å². The van der Waals surface area contributed by atoms with E-state index in [1.54, 1.807) is 18.6 Å². The predicted octanol–water partition coefficient (Wildman–Crippen LogP) is 4.72. The molecule has 0 aliphatic heterocycles. The van der Waals surface area contributed by atoms with Crippen molar-refractivity contribution in [2.24, 2.45) is 0 Å². The van der Waals surface area contributed by atoms with Crippen molar-refractivity contribution in [1.82, 2.24) is 9.97 Å². The SMILES string of the molecule is CC.Cl/C1=C(\COc2cnccn2)C(Cl)CC/C=C\C1. The van der Waals surface area contributed by atoms with Gasteiger partial charge in [0.25, 0.3) is 0 Å². The van der Waals surface area contributed by atoms with Gasteiger partial charge in [-0.3, -0.25) is 4.98 Å². The van der Waals surface area contributed by atoms with Crippen LogP contribution in [0, 0.1) is 0 Å². The lowest BCUT2D eigenvalue weighted by molar-refractivity contribution is 0.331. The van der Waals surface area contributed by atoms with Gasteiger partial charge in [-0.1, -0.05) is 37.6 Å². The third-order valence-electron chi connectivity index (χ3n) is 2.69. The Hall–Kier alpha value is -1.06. The maximum Gasteiger partial charge on any atom is 0.232 e. The molecule has 3 nitrogen and oxygen atoms in total. The molecule has 1 aliphatic rings. The first kappa shape index (κ1) is 17.0. The standard InChI is InChI=1S/C13H14Cl2N2O.C2H6/c14-11-4-2-1-3-5-12(15)10(11)9-18-13-8-16-6-7-17-13;1-2/h1-2,6-8,12H,3-5,9H2;1-2H3/b2-1-,11-10+;. The van der Waals surface area contributed by atoms with Crippen LogP contribution in [0.1, 0.15) is 33.1 Å². The van der Waals surface area contributed by atoms with Gasteiger partial charge in [0.05, 0.1) is 11.6 Å². The number of halogens is 2. The number of hydrogen-bond donors (Lipinski definition) is 0. The number of aromatic nitrogens is 2. The summed E-state index contributed by atoms with van der Waals surface area (Å²) in [5.41, 5.74) is 0.938. The van der Waals surface area contributed by atoms with E-state index in [1.807, 2.05) is 13.8 Å². The van der Waals surface area contributed by atoms with Gasteiger partial charge in [0, 0.05) is 23.8 Å². The fraction of sp³-hybridized carbons (Fsp3) is 0.467. The zero-order valence-electron chi connectivity index (χ0n) is 11.9. The third kappa shape index (κ3) is 5.51. The summed E-state index contributed by atoms with van der Waals surface area (Å²) < 4.78 is 5.56. The molecule has 1 heterocycles. The summed E-state index contributed by atoms with van der Waals surface area (Å²) in [6.45, 7) is 4.36. The number of alkyl halides is 1. The molecular weight excluding hydrogens is 295 g/mol. The first-order chi connectivity index (χ1) is 9.77. The average Bonchev–Trinajstić information content (AvgIpc) is 2.49. The van der Waals surface area contributed by atoms with Crippen molar-refractivity contribution in [3.05, 3.63) is 41.3 Å². The molecule has 0 amide bonds. The van der Waals surface area contributed by atoms with Crippen molar-refractivity contribution in [1.29, 1.82) is 0 Å². The van der Waals surface area contributed by atoms with Gasteiger partial charge in [-0.15, -0.1) is 11.6 Å². The van der Waals surface area contributed by atoms with Crippen LogP contribution >= 0.6 is 23.2 Å². The van der Waals surface area contributed by atoms with Gasteiger partial charge in [-0.25, -0.2) is 4.98 Å². The molecule has 0 N–H and O–H groups in total. The Bertz CT molecular complexity index is 446. The van der Waals surface area contributed by atoms with Gasteiger partial charge in [-0.05, 0) is 18.4 Å². The zero-order valence-corrected chi connectivity index (χ0v) is 13.4. The molecule has 0 saturated heterocycles. The lowest BCUT2D eigenvalue weighted by Gasteiger charge is -2.17. The van der Waals surface area contributed by atoms with E-state index < -0.39 is 0 Å². The van der Waals surface area contributed by atoms with Crippen LogP contribution in [-0.2, 0) is 0 Å². The highest BCUT2D eigenvalue weighted by Crippen LogP contribution is 2.27. The first-order valence-electron chi connectivity index (χ1n) is 6.82. The number of hydrogen-bond acceptors (Lipinski definition) is 3. The van der Waals surface area contributed by atoms with E-state index in [2.05, 4.69) is 22.1 Å². The van der Waals surface area contributed by atoms with E-state index in [1.165, 1.54) is 0 Å². The molecule has 1 atom stereocenters. The zero-order chi connectivity index (χ0) is 14.8. The van der Waals surface area contributed by atoms with Gasteiger partial charge in [0.1, 0.15) is 6.61 Å². The minimum atomic E-state index is -0.0841. The highest BCUT2D eigenvalue weighted by molar-refractivity contribution is 6.31. The van der Waals surface area contributed by atoms with Gasteiger partial charge in [0.2, 0.25) is 5.88 Å². The fourth-order valence-corrected chi connectivity index (χ4v) is 2.35. The van der Waals surface area contributed by atoms with E-state index in [0.29, 0.717) is 18.9 Å². The Labute approximate surface area is 130 Å². The van der Waals surface area contributed by atoms with Crippen molar-refractivity contribution in [2.45, 2.75) is 38.5 Å². The molecule has 110 valence electrons. The van der Waals surface area contributed by atoms with Crippen molar-refractivity contribution in [3.63, 3.8) is 0 Å². The lowest BCUT2D eigenvalue weighted by Crippen LogP contribution is -2.14. The number of allylic oxidation sites excluding steroid dienone is 3. The highest BCUT2D eigenvalue weighted by Gasteiger charge is 2.17. The molecule has 0 radical (unpaired) electrons. The molecule has 1 aliphatic carbocycles. The van der Waals surface area contributed by atoms with Crippen LogP contribution in [0.25, 0.3) is 0 Å². The summed E-state index contributed by atoms with van der Waals surface area (Å²) in [5.74, 6) is 0.482. The van der Waals surface area contributed by atoms with E-state index in [4.69, 9.17) is 27.9 Å². The molecule has 1 aromatic rings. The first-order valence-corrected chi connectivity index (χ1v) is 7.64. The second-order valence-corrected chi connectivity index (χ2v) is 4.97. The Kier molecular flexibility index (Phi) is 8.31. The fourth-order valence-electron chi connectivity index (χ4n) is 1.70. The predicted molar refractivity (Wildman–Crippen MR) is 84.4 cm³/mol. The van der Waals surface area contributed by atoms with Gasteiger partial charge >= 0.3 is 0 Å². The molecule has 0 saturated carbocycles. The molecule has 0 fully saturated rings. The van der Waals surface area contributed by atoms with Crippen molar-refractivity contribution >= 4 is 23.2 Å². The summed E-state index contributed by atoms with van der Waals surface area (Å²) in [4.78, 5) is 7.99. The van der Waals surface area contributed by atoms with Crippen molar-refractivity contribution < 1.29 is 4.74 Å². The van der Waals surface area contributed by atoms with Crippen LogP contribution in [-0.4, -0.2) is 22.0 Å². The van der Waals surface area contributed by atoms with Crippen LogP contribution in [0.5, 0.6) is 5.88 Å². The smallest absolute Gasteiger partial charge is 0.232 e. The Balaban J connectivity index is 0.000000956. The summed E-state index contributed by atoms with van der Waals surface area (Å²) in [6.07, 6.45) is 11.5. The molecule has 2 rings (SSSR count). The largest absolute Gasteiger partial charge is 0.472 e. The molecule has 20 heavy (non-hydrogen) atoms. The monoisotopic (exact) mass is 314 g/mol. The number of nitrogens with zero attached hydrogens (tertiary/aromatic N) is 2. The van der Waals surface area contributed by atoms with Gasteiger partial charge in [-0.2, -0.15) is 0 Å². The van der Waals surface area contributed by atoms with E-state index in [9.17, 15) is 0 Å². The van der Waals surface area contributed by atoms with Crippen molar-refractivity contribution in [2.75, 3.05) is 6.61 Å². The third-order valence-corrected chi connectivity index (χ3v) is 3.57. The summed E-state index contributed by atoms with van der Waals surface area (Å²) in [5, 5.41) is 0.675. The summed E-state index contributed by atoms with van der Waals surface area (Å²) in [6, 6.07) is 0. The molecular formula is C15H20Cl2N2O. The highest BCUT2D eigenvalue weighted by atomic mass is 35.5. The Morgan fingerprint density at radius 1 is 1.30 bits per heavy atom. The topological polar surface area (TPSA) is 35.0 Å². The van der Waals surface area contributed by atoms with Crippen molar-refractivity contribution in [3.8, 4) is 5.88 Å². The van der Waals surface area contributed by atoms with Crippen LogP contribution < -0.4 is 4.74 Å². The molecule has 1 unspecified atom stereocenters. The Morgan fingerprint density at radius 2 is 2.10 bits per heavy atom. The lowest BCUT2D eigenvalue weighted by atomic mass is 10.0. The van der Waals surface area contributed by atoms with Crippen LogP contribution in [0.2, 0.25) is 0 Å². The summed E-state index contributed by atoms with van der Waals surface area (Å²) >= 11 is 12.6. The van der Waals surface area contributed by atoms with E-state index in [-0.39, 0.29) is 5.38 Å². The van der Waals surface area contributed by atoms with E-state index >= 15 is 0 Å². The number of ether oxygens (including phenoxy) is 1. The average molecular weight is 315 g/mol. The minimum absolute atomic E-state index is 0.0841. The normalized spacial score (nSPS) is 23.9. The minimum Gasteiger partial charge on any atom is -0.472 e. The molecule has 1 aromatic heterocycles. The van der Waals surface area contributed by atoms with E-state index in [0.717, 1.165) is 23.4 Å².